The molecule has 0 aromatic heterocycles. The Morgan fingerprint density at radius 2 is 1.52 bits per heavy atom. The second kappa shape index (κ2) is 8.74. The molecular weight excluding hydrogens is 320 g/mol. The molecule has 0 radical (unpaired) electrons. The van der Waals surface area contributed by atoms with Gasteiger partial charge in [-0.05, 0) is 36.6 Å². The van der Waals surface area contributed by atoms with Gasteiger partial charge in [-0.1, -0.05) is 6.92 Å². The van der Waals surface area contributed by atoms with Crippen LogP contribution in [0.25, 0.3) is 0 Å². The molecule has 1 aliphatic rings. The second-order valence-corrected chi connectivity index (χ2v) is 6.28. The number of ether oxygens (including phenoxy) is 2. The first-order valence-electron chi connectivity index (χ1n) is 8.77. The van der Waals surface area contributed by atoms with Crippen molar-refractivity contribution in [2.75, 3.05) is 40.4 Å². The molecule has 2 rings (SSSR count). The third-order valence-electron chi connectivity index (χ3n) is 4.69. The summed E-state index contributed by atoms with van der Waals surface area (Å²) in [6, 6.07) is 3.77. The highest BCUT2D eigenvalue weighted by molar-refractivity contribution is 5.80. The van der Waals surface area contributed by atoms with Crippen LogP contribution in [-0.4, -0.2) is 62.0 Å². The van der Waals surface area contributed by atoms with Crippen LogP contribution < -0.4 is 9.47 Å². The van der Waals surface area contributed by atoms with Crippen LogP contribution in [-0.2, 0) is 16.0 Å². The fourth-order valence-electron chi connectivity index (χ4n) is 3.13. The van der Waals surface area contributed by atoms with E-state index in [0.29, 0.717) is 44.0 Å². The molecule has 0 saturated carbocycles. The summed E-state index contributed by atoms with van der Waals surface area (Å²) in [5, 5.41) is 0. The minimum absolute atomic E-state index is 0.0844. The van der Waals surface area contributed by atoms with Gasteiger partial charge in [0.25, 0.3) is 0 Å². The lowest BCUT2D eigenvalue weighted by atomic mass is 10.0. The van der Waals surface area contributed by atoms with Crippen molar-refractivity contribution in [3.05, 3.63) is 23.3 Å². The average Bonchev–Trinajstić information content (AvgIpc) is 2.88. The number of nitrogens with zero attached hydrogens (tertiary/aromatic N) is 2. The topological polar surface area (TPSA) is 59.1 Å². The van der Waals surface area contributed by atoms with Crippen molar-refractivity contribution in [3.63, 3.8) is 0 Å². The predicted octanol–water partition coefficient (Wildman–Crippen LogP) is 2.03. The van der Waals surface area contributed by atoms with E-state index in [4.69, 9.17) is 9.47 Å². The molecule has 25 heavy (non-hydrogen) atoms. The molecule has 0 N–H and O–H groups in total. The Morgan fingerprint density at radius 3 is 2.08 bits per heavy atom. The molecule has 6 nitrogen and oxygen atoms in total. The molecule has 6 heteroatoms. The summed E-state index contributed by atoms with van der Waals surface area (Å²) in [7, 11) is 3.19. The Hall–Kier alpha value is -2.24. The molecule has 0 aliphatic carbocycles. The van der Waals surface area contributed by atoms with Crippen molar-refractivity contribution in [2.45, 2.75) is 33.1 Å². The maximum absolute atomic E-state index is 12.7. The zero-order valence-electron chi connectivity index (χ0n) is 15.6. The molecule has 2 amide bonds. The van der Waals surface area contributed by atoms with Gasteiger partial charge >= 0.3 is 0 Å². The number of benzene rings is 1. The highest BCUT2D eigenvalue weighted by Gasteiger charge is 2.22. The number of carbonyl (C=O) groups is 2. The van der Waals surface area contributed by atoms with Gasteiger partial charge in [0, 0.05) is 32.6 Å². The monoisotopic (exact) mass is 348 g/mol. The normalized spacial score (nSPS) is 14.9. The Labute approximate surface area is 149 Å². The SMILES string of the molecule is CCC(=O)N1CCCN(C(=O)Cc2cc(OC)c(OC)cc2C)CC1. The quantitative estimate of drug-likeness (QED) is 0.817. The number of hydrogen-bond donors (Lipinski definition) is 0. The van der Waals surface area contributed by atoms with Crippen molar-refractivity contribution >= 4 is 11.8 Å². The fraction of sp³-hybridized carbons (Fsp3) is 0.579. The zero-order chi connectivity index (χ0) is 18.4. The number of carbonyl (C=O) groups excluding carboxylic acids is 2. The van der Waals surface area contributed by atoms with Gasteiger partial charge in [-0.3, -0.25) is 9.59 Å². The highest BCUT2D eigenvalue weighted by atomic mass is 16.5. The van der Waals surface area contributed by atoms with E-state index in [9.17, 15) is 9.59 Å². The van der Waals surface area contributed by atoms with Crippen LogP contribution in [0.15, 0.2) is 12.1 Å². The van der Waals surface area contributed by atoms with Crippen molar-refractivity contribution in [1.29, 1.82) is 0 Å². The summed E-state index contributed by atoms with van der Waals surface area (Å²) >= 11 is 0. The molecule has 0 bridgehead atoms. The van der Waals surface area contributed by atoms with E-state index < -0.39 is 0 Å². The van der Waals surface area contributed by atoms with Gasteiger partial charge in [0.15, 0.2) is 11.5 Å². The van der Waals surface area contributed by atoms with E-state index in [1.807, 2.05) is 35.8 Å². The van der Waals surface area contributed by atoms with Gasteiger partial charge in [0.05, 0.1) is 20.6 Å². The number of amides is 2. The van der Waals surface area contributed by atoms with Crippen LogP contribution in [0.5, 0.6) is 11.5 Å². The van der Waals surface area contributed by atoms with Gasteiger partial charge < -0.3 is 19.3 Å². The Morgan fingerprint density at radius 1 is 0.960 bits per heavy atom. The van der Waals surface area contributed by atoms with Crippen molar-refractivity contribution in [1.82, 2.24) is 9.80 Å². The van der Waals surface area contributed by atoms with Crippen LogP contribution in [0.4, 0.5) is 0 Å². The second-order valence-electron chi connectivity index (χ2n) is 6.28. The zero-order valence-corrected chi connectivity index (χ0v) is 15.6. The third kappa shape index (κ3) is 4.65. The molecule has 0 spiro atoms. The fourth-order valence-corrected chi connectivity index (χ4v) is 3.13. The summed E-state index contributed by atoms with van der Waals surface area (Å²) in [5.41, 5.74) is 1.94. The van der Waals surface area contributed by atoms with E-state index in [-0.39, 0.29) is 11.8 Å². The van der Waals surface area contributed by atoms with E-state index in [0.717, 1.165) is 24.1 Å². The predicted molar refractivity (Wildman–Crippen MR) is 96.1 cm³/mol. The Bertz CT molecular complexity index is 630. The third-order valence-corrected chi connectivity index (χ3v) is 4.69. The first kappa shape index (κ1) is 19.1. The Kier molecular flexibility index (Phi) is 6.67. The van der Waals surface area contributed by atoms with Crippen LogP contribution >= 0.6 is 0 Å². The van der Waals surface area contributed by atoms with Gasteiger partial charge in [-0.25, -0.2) is 0 Å². The van der Waals surface area contributed by atoms with E-state index in [1.54, 1.807) is 14.2 Å². The molecule has 1 saturated heterocycles. The number of methoxy groups -OCH3 is 2. The molecule has 1 heterocycles. The summed E-state index contributed by atoms with van der Waals surface area (Å²) in [4.78, 5) is 28.3. The lowest BCUT2D eigenvalue weighted by Gasteiger charge is -2.22. The molecule has 1 aromatic rings. The van der Waals surface area contributed by atoms with Crippen molar-refractivity contribution < 1.29 is 19.1 Å². The largest absolute Gasteiger partial charge is 0.493 e. The first-order chi connectivity index (χ1) is 12.0. The molecule has 138 valence electrons. The molecular formula is C19H28N2O4. The van der Waals surface area contributed by atoms with E-state index >= 15 is 0 Å². The first-order valence-corrected chi connectivity index (χ1v) is 8.77. The summed E-state index contributed by atoms with van der Waals surface area (Å²) < 4.78 is 10.6. The van der Waals surface area contributed by atoms with E-state index in [2.05, 4.69) is 0 Å². The number of hydrogen-bond acceptors (Lipinski definition) is 4. The number of rotatable bonds is 5. The summed E-state index contributed by atoms with van der Waals surface area (Å²) in [6.07, 6.45) is 1.66. The molecule has 0 atom stereocenters. The molecule has 1 aliphatic heterocycles. The van der Waals surface area contributed by atoms with Crippen LogP contribution in [0.1, 0.15) is 30.9 Å². The average molecular weight is 348 g/mol. The summed E-state index contributed by atoms with van der Waals surface area (Å²) in [5.74, 6) is 1.54. The van der Waals surface area contributed by atoms with Crippen molar-refractivity contribution in [3.8, 4) is 11.5 Å². The van der Waals surface area contributed by atoms with Crippen molar-refractivity contribution in [2.24, 2.45) is 0 Å². The molecule has 1 fully saturated rings. The van der Waals surface area contributed by atoms with Gasteiger partial charge in [0.1, 0.15) is 0 Å². The maximum atomic E-state index is 12.7. The minimum Gasteiger partial charge on any atom is -0.493 e. The maximum Gasteiger partial charge on any atom is 0.227 e. The van der Waals surface area contributed by atoms with Crippen LogP contribution in [0.2, 0.25) is 0 Å². The van der Waals surface area contributed by atoms with Crippen LogP contribution in [0.3, 0.4) is 0 Å². The summed E-state index contributed by atoms with van der Waals surface area (Å²) in [6.45, 7) is 6.47. The lowest BCUT2D eigenvalue weighted by molar-refractivity contribution is -0.133. The smallest absolute Gasteiger partial charge is 0.227 e. The van der Waals surface area contributed by atoms with Gasteiger partial charge in [-0.15, -0.1) is 0 Å². The lowest BCUT2D eigenvalue weighted by Crippen LogP contribution is -2.37. The van der Waals surface area contributed by atoms with E-state index in [1.165, 1.54) is 0 Å². The highest BCUT2D eigenvalue weighted by Crippen LogP contribution is 2.30. The molecule has 0 unspecified atom stereocenters. The van der Waals surface area contributed by atoms with Gasteiger partial charge in [0.2, 0.25) is 11.8 Å². The number of aryl methyl sites for hydroxylation is 1. The Balaban J connectivity index is 2.06. The van der Waals surface area contributed by atoms with Crippen LogP contribution in [0, 0.1) is 6.92 Å². The molecule has 1 aromatic carbocycles. The standard InChI is InChI=1S/C19H28N2O4/c1-5-18(22)20-7-6-8-21(10-9-20)19(23)13-15-12-17(25-4)16(24-3)11-14(15)2/h11-12H,5-10,13H2,1-4H3. The van der Waals surface area contributed by atoms with Gasteiger partial charge in [-0.2, -0.15) is 0 Å². The minimum atomic E-state index is 0.0844.